The molecule has 19 heavy (non-hydrogen) atoms. The van der Waals surface area contributed by atoms with E-state index in [0.717, 1.165) is 35.3 Å². The number of likely N-dealkylation sites (N-methyl/N-ethyl adjacent to an activating group) is 1. The number of sulfonamides is 1. The zero-order valence-corrected chi connectivity index (χ0v) is 12.0. The van der Waals surface area contributed by atoms with Gasteiger partial charge in [0.15, 0.2) is 0 Å². The molecule has 0 heterocycles. The lowest BCUT2D eigenvalue weighted by Gasteiger charge is -2.20. The summed E-state index contributed by atoms with van der Waals surface area (Å²) < 4.78 is 38.5. The van der Waals surface area contributed by atoms with E-state index in [1.807, 2.05) is 0 Å². The van der Waals surface area contributed by atoms with Gasteiger partial charge in [-0.2, -0.15) is 4.31 Å². The first-order valence-corrected chi connectivity index (χ1v) is 7.73. The van der Waals surface area contributed by atoms with Crippen LogP contribution in [0.5, 0.6) is 0 Å². The van der Waals surface area contributed by atoms with E-state index in [-0.39, 0.29) is 22.4 Å². The second-order valence-corrected chi connectivity index (χ2v) is 7.22. The lowest BCUT2D eigenvalue weighted by Crippen LogP contribution is -2.35. The van der Waals surface area contributed by atoms with Crippen molar-refractivity contribution in [2.24, 2.45) is 5.92 Å². The molecule has 0 amide bonds. The van der Waals surface area contributed by atoms with E-state index in [2.05, 4.69) is 0 Å². The second kappa shape index (κ2) is 5.36. The van der Waals surface area contributed by atoms with E-state index in [4.69, 9.17) is 11.6 Å². The van der Waals surface area contributed by atoms with Gasteiger partial charge in [0.2, 0.25) is 10.0 Å². The molecule has 106 valence electrons. The van der Waals surface area contributed by atoms with Crippen molar-refractivity contribution < 1.29 is 17.9 Å². The summed E-state index contributed by atoms with van der Waals surface area (Å²) in [5.41, 5.74) is 0. The second-order valence-electron chi connectivity index (χ2n) is 4.77. The fraction of sp³-hybridized carbons (Fsp3) is 0.500. The highest BCUT2D eigenvalue weighted by Crippen LogP contribution is 2.33. The van der Waals surface area contributed by atoms with Gasteiger partial charge in [-0.05, 0) is 37.0 Å². The van der Waals surface area contributed by atoms with Gasteiger partial charge in [0, 0.05) is 13.6 Å². The van der Waals surface area contributed by atoms with Crippen LogP contribution in [-0.2, 0) is 10.0 Å². The predicted molar refractivity (Wildman–Crippen MR) is 70.0 cm³/mol. The molecule has 0 spiro atoms. The SMILES string of the molecule is CN(CC(O)C1CC1)S(=O)(=O)c1ccc(F)c(Cl)c1. The Kier molecular flexibility index (Phi) is 4.15. The number of halogens is 2. The first kappa shape index (κ1) is 14.7. The van der Waals surface area contributed by atoms with Crippen molar-refractivity contribution in [3.8, 4) is 0 Å². The maximum atomic E-state index is 13.0. The smallest absolute Gasteiger partial charge is 0.242 e. The van der Waals surface area contributed by atoms with Crippen LogP contribution in [0.4, 0.5) is 4.39 Å². The Hall–Kier alpha value is -0.690. The van der Waals surface area contributed by atoms with Crippen LogP contribution in [0.15, 0.2) is 23.1 Å². The average molecular weight is 308 g/mol. The predicted octanol–water partition coefficient (Wildman–Crippen LogP) is 1.87. The molecule has 0 aliphatic heterocycles. The van der Waals surface area contributed by atoms with Gasteiger partial charge in [0.25, 0.3) is 0 Å². The summed E-state index contributed by atoms with van der Waals surface area (Å²) in [6.07, 6.45) is 1.20. The molecular formula is C12H15ClFNO3S. The van der Waals surface area contributed by atoms with Crippen LogP contribution in [0.2, 0.25) is 5.02 Å². The minimum absolute atomic E-state index is 0.0298. The lowest BCUT2D eigenvalue weighted by atomic mass is 10.2. The third kappa shape index (κ3) is 3.25. The molecule has 1 N–H and O–H groups in total. The third-order valence-corrected chi connectivity index (χ3v) is 5.32. The lowest BCUT2D eigenvalue weighted by molar-refractivity contribution is 0.131. The van der Waals surface area contributed by atoms with Crippen molar-refractivity contribution in [3.63, 3.8) is 0 Å². The van der Waals surface area contributed by atoms with E-state index >= 15 is 0 Å². The van der Waals surface area contributed by atoms with Crippen LogP contribution in [0.3, 0.4) is 0 Å². The topological polar surface area (TPSA) is 57.6 Å². The van der Waals surface area contributed by atoms with Gasteiger partial charge < -0.3 is 5.11 Å². The summed E-state index contributed by atoms with van der Waals surface area (Å²) >= 11 is 5.58. The van der Waals surface area contributed by atoms with Crippen molar-refractivity contribution in [1.29, 1.82) is 0 Å². The molecule has 0 bridgehead atoms. The average Bonchev–Trinajstić information content (AvgIpc) is 3.16. The van der Waals surface area contributed by atoms with Crippen LogP contribution >= 0.6 is 11.6 Å². The molecule has 0 saturated heterocycles. The van der Waals surface area contributed by atoms with Gasteiger partial charge in [-0.1, -0.05) is 11.6 Å². The summed E-state index contributed by atoms with van der Waals surface area (Å²) in [5.74, 6) is -0.476. The van der Waals surface area contributed by atoms with Crippen LogP contribution in [-0.4, -0.2) is 37.5 Å². The molecule has 1 fully saturated rings. The highest BCUT2D eigenvalue weighted by atomic mass is 35.5. The Balaban J connectivity index is 2.17. The normalized spacial score (nSPS) is 17.7. The van der Waals surface area contributed by atoms with Crippen molar-refractivity contribution in [1.82, 2.24) is 4.31 Å². The van der Waals surface area contributed by atoms with Gasteiger partial charge in [0.05, 0.1) is 16.0 Å². The monoisotopic (exact) mass is 307 g/mol. The maximum absolute atomic E-state index is 13.0. The minimum Gasteiger partial charge on any atom is -0.391 e. The molecule has 0 radical (unpaired) electrons. The molecule has 0 aromatic heterocycles. The molecule has 4 nitrogen and oxygen atoms in total. The van der Waals surface area contributed by atoms with Crippen molar-refractivity contribution in [2.45, 2.75) is 23.8 Å². The Labute approximate surface area is 116 Å². The molecule has 1 saturated carbocycles. The minimum atomic E-state index is -3.76. The van der Waals surface area contributed by atoms with Gasteiger partial charge >= 0.3 is 0 Å². The van der Waals surface area contributed by atoms with Crippen LogP contribution in [0, 0.1) is 11.7 Å². The van der Waals surface area contributed by atoms with Crippen molar-refractivity contribution in [3.05, 3.63) is 29.0 Å². The third-order valence-electron chi connectivity index (χ3n) is 3.21. The van der Waals surface area contributed by atoms with E-state index in [1.54, 1.807) is 0 Å². The summed E-state index contributed by atoms with van der Waals surface area (Å²) in [4.78, 5) is -0.0793. The number of hydrogen-bond acceptors (Lipinski definition) is 3. The van der Waals surface area contributed by atoms with Crippen molar-refractivity contribution >= 4 is 21.6 Å². The fourth-order valence-electron chi connectivity index (χ4n) is 1.81. The molecule has 1 aromatic carbocycles. The van der Waals surface area contributed by atoms with Crippen LogP contribution < -0.4 is 0 Å². The number of rotatable bonds is 5. The van der Waals surface area contributed by atoms with Crippen molar-refractivity contribution in [2.75, 3.05) is 13.6 Å². The number of benzene rings is 1. The zero-order chi connectivity index (χ0) is 14.2. The first-order valence-electron chi connectivity index (χ1n) is 5.92. The highest BCUT2D eigenvalue weighted by Gasteiger charge is 2.33. The number of aliphatic hydroxyl groups is 1. The van der Waals surface area contributed by atoms with E-state index in [1.165, 1.54) is 7.05 Å². The van der Waals surface area contributed by atoms with E-state index in [0.29, 0.717) is 0 Å². The fourth-order valence-corrected chi connectivity index (χ4v) is 3.27. The molecule has 1 aromatic rings. The largest absolute Gasteiger partial charge is 0.391 e. The molecular weight excluding hydrogens is 293 g/mol. The highest BCUT2D eigenvalue weighted by molar-refractivity contribution is 7.89. The van der Waals surface area contributed by atoms with Gasteiger partial charge in [0.1, 0.15) is 5.82 Å². The molecule has 1 aliphatic carbocycles. The van der Waals surface area contributed by atoms with Crippen LogP contribution in [0.1, 0.15) is 12.8 Å². The Bertz CT molecular complexity index is 574. The Morgan fingerprint density at radius 1 is 1.53 bits per heavy atom. The Morgan fingerprint density at radius 2 is 2.16 bits per heavy atom. The molecule has 1 atom stereocenters. The molecule has 7 heteroatoms. The number of nitrogens with zero attached hydrogens (tertiary/aromatic N) is 1. The first-order chi connectivity index (χ1) is 8.82. The van der Waals surface area contributed by atoms with E-state index in [9.17, 15) is 17.9 Å². The summed E-state index contributed by atoms with van der Waals surface area (Å²) in [6.45, 7) is 0.0298. The molecule has 1 unspecified atom stereocenters. The molecule has 2 rings (SSSR count). The van der Waals surface area contributed by atoms with Gasteiger partial charge in [-0.25, -0.2) is 12.8 Å². The number of aliphatic hydroxyl groups excluding tert-OH is 1. The zero-order valence-electron chi connectivity index (χ0n) is 10.4. The quantitative estimate of drug-likeness (QED) is 0.903. The summed E-state index contributed by atoms with van der Waals surface area (Å²) in [6, 6.07) is 3.25. The summed E-state index contributed by atoms with van der Waals surface area (Å²) in [5, 5.41) is 9.54. The Morgan fingerprint density at radius 3 is 2.68 bits per heavy atom. The number of hydrogen-bond donors (Lipinski definition) is 1. The van der Waals surface area contributed by atoms with Crippen LogP contribution in [0.25, 0.3) is 0 Å². The molecule has 1 aliphatic rings. The summed E-state index contributed by atoms with van der Waals surface area (Å²) in [7, 11) is -2.37. The standard InChI is InChI=1S/C12H15ClFNO3S/c1-15(7-12(16)8-2-3-8)19(17,18)9-4-5-11(14)10(13)6-9/h4-6,8,12,16H,2-3,7H2,1H3. The van der Waals surface area contributed by atoms with E-state index < -0.39 is 21.9 Å². The van der Waals surface area contributed by atoms with Gasteiger partial charge in [-0.15, -0.1) is 0 Å². The maximum Gasteiger partial charge on any atom is 0.242 e. The van der Waals surface area contributed by atoms with Gasteiger partial charge in [-0.3, -0.25) is 0 Å².